The van der Waals surface area contributed by atoms with E-state index in [0.29, 0.717) is 12.1 Å². The van der Waals surface area contributed by atoms with Gasteiger partial charge in [0.15, 0.2) is 0 Å². The zero-order chi connectivity index (χ0) is 17.7. The molecule has 1 heterocycles. The maximum atomic E-state index is 12.7. The first-order chi connectivity index (χ1) is 11.3. The molecule has 0 radical (unpaired) electrons. The third-order valence-corrected chi connectivity index (χ3v) is 3.90. The van der Waals surface area contributed by atoms with Crippen LogP contribution < -0.4 is 11.1 Å². The monoisotopic (exact) mass is 394 g/mol. The quantitative estimate of drug-likeness (QED) is 0.788. The minimum Gasteiger partial charge on any atom is -0.322 e. The van der Waals surface area contributed by atoms with Crippen molar-refractivity contribution in [2.75, 3.05) is 17.3 Å². The van der Waals surface area contributed by atoms with Crippen LogP contribution in [0.2, 0.25) is 0 Å². The van der Waals surface area contributed by atoms with Gasteiger partial charge in [-0.1, -0.05) is 6.07 Å². The molecule has 0 bridgehead atoms. The Labute approximate surface area is 153 Å². The fourth-order valence-electron chi connectivity index (χ4n) is 1.96. The molecule has 1 aromatic carbocycles. The molecule has 1 atom stereocenters. The van der Waals surface area contributed by atoms with Gasteiger partial charge in [-0.2, -0.15) is 30.0 Å². The summed E-state index contributed by atoms with van der Waals surface area (Å²) in [5.41, 5.74) is 5.61. The van der Waals surface area contributed by atoms with Gasteiger partial charge in [0.25, 0.3) is 0 Å². The van der Waals surface area contributed by atoms with Crippen LogP contribution in [0.15, 0.2) is 36.7 Å². The molecule has 0 aliphatic heterocycles. The number of anilines is 1. The first-order valence-electron chi connectivity index (χ1n) is 7.09. The molecule has 5 nitrogen and oxygen atoms in total. The van der Waals surface area contributed by atoms with Crippen LogP contribution >= 0.6 is 24.2 Å². The van der Waals surface area contributed by atoms with Crippen molar-refractivity contribution in [2.24, 2.45) is 5.73 Å². The third kappa shape index (κ3) is 5.94. The van der Waals surface area contributed by atoms with Gasteiger partial charge < -0.3 is 11.1 Å². The first kappa shape index (κ1) is 21.3. The van der Waals surface area contributed by atoms with Crippen LogP contribution in [0.5, 0.6) is 0 Å². The van der Waals surface area contributed by atoms with Gasteiger partial charge in [0, 0.05) is 0 Å². The van der Waals surface area contributed by atoms with Crippen LogP contribution in [0.4, 0.5) is 18.9 Å². The standard InChI is InChI=1S/C15H17F3N4OS.ClH/c1-24-6-5-13(19)14(23)21-11-8-20-22(9-11)12-4-2-3-10(7-12)15(16,17)18;/h2-4,7-9,13H,5-6,19H2,1H3,(H,21,23);1H/t13-;/m0./s1. The predicted molar refractivity (Wildman–Crippen MR) is 95.4 cm³/mol. The van der Waals surface area contributed by atoms with E-state index in [1.807, 2.05) is 6.26 Å². The van der Waals surface area contributed by atoms with E-state index in [1.165, 1.54) is 29.2 Å². The topological polar surface area (TPSA) is 72.9 Å². The molecule has 1 aromatic heterocycles. The molecule has 0 aliphatic rings. The average molecular weight is 395 g/mol. The summed E-state index contributed by atoms with van der Waals surface area (Å²) in [6.45, 7) is 0. The minimum absolute atomic E-state index is 0. The molecule has 0 spiro atoms. The van der Waals surface area contributed by atoms with Crippen LogP contribution in [0, 0.1) is 0 Å². The van der Waals surface area contributed by atoms with Gasteiger partial charge >= 0.3 is 6.18 Å². The van der Waals surface area contributed by atoms with E-state index in [4.69, 9.17) is 5.73 Å². The highest BCUT2D eigenvalue weighted by Crippen LogP contribution is 2.30. The molecule has 3 N–H and O–H groups in total. The molecule has 1 amide bonds. The number of thioether (sulfide) groups is 1. The zero-order valence-corrected chi connectivity index (χ0v) is 14.9. The molecule has 0 aliphatic carbocycles. The van der Waals surface area contributed by atoms with E-state index >= 15 is 0 Å². The lowest BCUT2D eigenvalue weighted by Crippen LogP contribution is -2.35. The molecular formula is C15H18ClF3N4OS. The van der Waals surface area contributed by atoms with Crippen molar-refractivity contribution in [1.29, 1.82) is 0 Å². The van der Waals surface area contributed by atoms with Gasteiger partial charge in [0.05, 0.1) is 35.4 Å². The normalized spacial score (nSPS) is 12.4. The molecule has 138 valence electrons. The van der Waals surface area contributed by atoms with Crippen molar-refractivity contribution in [2.45, 2.75) is 18.6 Å². The second-order valence-electron chi connectivity index (χ2n) is 5.10. The number of amides is 1. The van der Waals surface area contributed by atoms with Crippen LogP contribution in [0.3, 0.4) is 0 Å². The minimum atomic E-state index is -4.43. The van der Waals surface area contributed by atoms with Crippen molar-refractivity contribution in [3.8, 4) is 5.69 Å². The zero-order valence-electron chi connectivity index (χ0n) is 13.3. The van der Waals surface area contributed by atoms with Crippen LogP contribution in [0.25, 0.3) is 5.69 Å². The number of nitrogens with zero attached hydrogens (tertiary/aromatic N) is 2. The molecular weight excluding hydrogens is 377 g/mol. The Balaban J connectivity index is 0.00000312. The molecule has 0 saturated heterocycles. The van der Waals surface area contributed by atoms with Gasteiger partial charge in [-0.3, -0.25) is 4.79 Å². The van der Waals surface area contributed by atoms with E-state index < -0.39 is 17.8 Å². The van der Waals surface area contributed by atoms with Crippen LogP contribution in [-0.4, -0.2) is 33.7 Å². The first-order valence-corrected chi connectivity index (χ1v) is 8.48. The van der Waals surface area contributed by atoms with Crippen molar-refractivity contribution in [3.63, 3.8) is 0 Å². The summed E-state index contributed by atoms with van der Waals surface area (Å²) in [5, 5.41) is 6.58. The Morgan fingerprint density at radius 3 is 2.80 bits per heavy atom. The maximum absolute atomic E-state index is 12.7. The molecule has 2 aromatic rings. The number of benzene rings is 1. The number of carbonyl (C=O) groups is 1. The third-order valence-electron chi connectivity index (χ3n) is 3.26. The predicted octanol–water partition coefficient (Wildman–Crippen LogP) is 3.33. The number of halogens is 4. The number of hydrogen-bond acceptors (Lipinski definition) is 4. The lowest BCUT2D eigenvalue weighted by atomic mass is 10.2. The number of hydrogen-bond donors (Lipinski definition) is 2. The molecule has 0 unspecified atom stereocenters. The SMILES string of the molecule is CSCC[C@H](N)C(=O)Nc1cnn(-c2cccc(C(F)(F)F)c2)c1.Cl. The van der Waals surface area contributed by atoms with Crippen molar-refractivity contribution < 1.29 is 18.0 Å². The summed E-state index contributed by atoms with van der Waals surface area (Å²) in [5.74, 6) is 0.408. The highest BCUT2D eigenvalue weighted by atomic mass is 35.5. The van der Waals surface area contributed by atoms with E-state index in [-0.39, 0.29) is 24.0 Å². The Kier molecular flexibility index (Phi) is 7.78. The molecule has 10 heteroatoms. The fraction of sp³-hybridized carbons (Fsp3) is 0.333. The number of carbonyl (C=O) groups excluding carboxylic acids is 1. The van der Waals surface area contributed by atoms with Gasteiger partial charge in [0.1, 0.15) is 0 Å². The maximum Gasteiger partial charge on any atom is 0.416 e. The van der Waals surface area contributed by atoms with E-state index in [0.717, 1.165) is 17.9 Å². The van der Waals surface area contributed by atoms with Crippen molar-refractivity contribution in [1.82, 2.24) is 9.78 Å². The summed E-state index contributed by atoms with van der Waals surface area (Å²) >= 11 is 1.59. The number of nitrogens with one attached hydrogen (secondary N) is 1. The highest BCUT2D eigenvalue weighted by molar-refractivity contribution is 7.98. The summed E-state index contributed by atoms with van der Waals surface area (Å²) < 4.78 is 39.5. The highest BCUT2D eigenvalue weighted by Gasteiger charge is 2.30. The number of aromatic nitrogens is 2. The second kappa shape index (κ2) is 9.12. The summed E-state index contributed by atoms with van der Waals surface area (Å²) in [6, 6.07) is 4.13. The second-order valence-corrected chi connectivity index (χ2v) is 6.08. The molecule has 0 saturated carbocycles. The van der Waals surface area contributed by atoms with E-state index in [2.05, 4.69) is 10.4 Å². The smallest absolute Gasteiger partial charge is 0.322 e. The Morgan fingerprint density at radius 1 is 1.44 bits per heavy atom. The van der Waals surface area contributed by atoms with Crippen LogP contribution in [-0.2, 0) is 11.0 Å². The fourth-order valence-corrected chi connectivity index (χ4v) is 2.45. The van der Waals surface area contributed by atoms with Gasteiger partial charge in [0.2, 0.25) is 5.91 Å². The van der Waals surface area contributed by atoms with Gasteiger partial charge in [-0.05, 0) is 36.6 Å². The average Bonchev–Trinajstić information content (AvgIpc) is 3.00. The Bertz CT molecular complexity index is 708. The van der Waals surface area contributed by atoms with Crippen molar-refractivity contribution >= 4 is 35.8 Å². The Hall–Kier alpha value is -1.71. The van der Waals surface area contributed by atoms with Crippen molar-refractivity contribution in [3.05, 3.63) is 42.2 Å². The number of nitrogens with two attached hydrogens (primary N) is 1. The van der Waals surface area contributed by atoms with Gasteiger partial charge in [-0.15, -0.1) is 12.4 Å². The van der Waals surface area contributed by atoms with E-state index in [1.54, 1.807) is 11.8 Å². The Morgan fingerprint density at radius 2 is 2.16 bits per heavy atom. The largest absolute Gasteiger partial charge is 0.416 e. The lowest BCUT2D eigenvalue weighted by Gasteiger charge is -2.10. The van der Waals surface area contributed by atoms with Gasteiger partial charge in [-0.25, -0.2) is 4.68 Å². The number of rotatable bonds is 6. The molecule has 25 heavy (non-hydrogen) atoms. The summed E-state index contributed by atoms with van der Waals surface area (Å²) in [7, 11) is 0. The lowest BCUT2D eigenvalue weighted by molar-refractivity contribution is -0.137. The summed E-state index contributed by atoms with van der Waals surface area (Å²) in [6.07, 6.45) is 0.830. The number of alkyl halides is 3. The molecule has 2 rings (SSSR count). The summed E-state index contributed by atoms with van der Waals surface area (Å²) in [4.78, 5) is 11.9. The van der Waals surface area contributed by atoms with Crippen LogP contribution in [0.1, 0.15) is 12.0 Å². The van der Waals surface area contributed by atoms with E-state index in [9.17, 15) is 18.0 Å². The molecule has 0 fully saturated rings.